The number of amides is 1. The Kier molecular flexibility index (Phi) is 5.28. The van der Waals surface area contributed by atoms with Crippen LogP contribution in [0.1, 0.15) is 10.5 Å². The van der Waals surface area contributed by atoms with Gasteiger partial charge in [-0.2, -0.15) is 0 Å². The van der Waals surface area contributed by atoms with Gasteiger partial charge in [-0.15, -0.1) is 0 Å². The second-order valence-electron chi connectivity index (χ2n) is 3.19. The number of alkyl halides is 2. The lowest BCUT2D eigenvalue weighted by molar-refractivity contribution is 0.0215. The molecule has 0 aliphatic rings. The molecule has 0 unspecified atom stereocenters. The van der Waals surface area contributed by atoms with Crippen molar-refractivity contribution in [3.8, 4) is 0 Å². The zero-order valence-corrected chi connectivity index (χ0v) is 9.03. The van der Waals surface area contributed by atoms with Crippen molar-refractivity contribution in [3.63, 3.8) is 0 Å². The van der Waals surface area contributed by atoms with Gasteiger partial charge < -0.3 is 15.8 Å². The number of hydrogen-bond donors (Lipinski definition) is 2. The predicted octanol–water partition coefficient (Wildman–Crippen LogP) is 0.874. The van der Waals surface area contributed by atoms with Gasteiger partial charge >= 0.3 is 0 Å². The Balaban J connectivity index is 2.31. The summed E-state index contributed by atoms with van der Waals surface area (Å²) in [5.74, 6) is -0.623. The summed E-state index contributed by atoms with van der Waals surface area (Å²) < 4.78 is 28.1. The van der Waals surface area contributed by atoms with Gasteiger partial charge in [0.1, 0.15) is 12.3 Å². The Hall–Kier alpha value is -1.76. The fourth-order valence-electron chi connectivity index (χ4n) is 1.12. The normalized spacial score (nSPS) is 10.5. The number of ether oxygens (including phenoxy) is 1. The minimum Gasteiger partial charge on any atom is -0.383 e. The van der Waals surface area contributed by atoms with Crippen LogP contribution in [0.5, 0.6) is 0 Å². The Bertz CT molecular complexity index is 374. The Morgan fingerprint density at radius 2 is 2.35 bits per heavy atom. The molecule has 1 rings (SSSR count). The molecule has 0 fully saturated rings. The number of rotatable bonds is 7. The van der Waals surface area contributed by atoms with E-state index in [1.807, 2.05) is 0 Å². The second-order valence-corrected chi connectivity index (χ2v) is 3.19. The van der Waals surface area contributed by atoms with E-state index in [4.69, 9.17) is 5.73 Å². The number of pyridine rings is 1. The number of carbonyl (C=O) groups excluding carboxylic acids is 1. The average molecular weight is 245 g/mol. The van der Waals surface area contributed by atoms with Gasteiger partial charge in [-0.3, -0.25) is 9.78 Å². The Morgan fingerprint density at radius 1 is 1.59 bits per heavy atom. The van der Waals surface area contributed by atoms with Gasteiger partial charge in [-0.05, 0) is 12.1 Å². The van der Waals surface area contributed by atoms with Crippen molar-refractivity contribution in [2.75, 3.05) is 25.1 Å². The number of anilines is 1. The van der Waals surface area contributed by atoms with E-state index in [1.54, 1.807) is 6.07 Å². The lowest BCUT2D eigenvalue weighted by Gasteiger charge is -2.07. The lowest BCUT2D eigenvalue weighted by Crippen LogP contribution is -2.15. The first-order valence-electron chi connectivity index (χ1n) is 4.95. The van der Waals surface area contributed by atoms with Crippen LogP contribution in [0.15, 0.2) is 18.3 Å². The van der Waals surface area contributed by atoms with E-state index < -0.39 is 18.9 Å². The quantitative estimate of drug-likeness (QED) is 0.699. The smallest absolute Gasteiger partial charge is 0.267 e. The summed E-state index contributed by atoms with van der Waals surface area (Å²) in [5, 5.41) is 2.90. The van der Waals surface area contributed by atoms with Crippen molar-refractivity contribution < 1.29 is 18.3 Å². The first-order chi connectivity index (χ1) is 8.09. The third-order valence-corrected chi connectivity index (χ3v) is 1.83. The van der Waals surface area contributed by atoms with E-state index in [9.17, 15) is 13.6 Å². The second kappa shape index (κ2) is 6.74. The topological polar surface area (TPSA) is 77.2 Å². The number of aromatic nitrogens is 1. The minimum atomic E-state index is -2.46. The van der Waals surface area contributed by atoms with Crippen LogP contribution in [0.3, 0.4) is 0 Å². The standard InChI is InChI=1S/C10H13F2N3O2/c11-9(12)6-17-4-3-14-7-1-2-15-8(5-7)10(13)16/h1-2,5,9H,3-4,6H2,(H2,13,16)(H,14,15). The molecule has 7 heteroatoms. The van der Waals surface area contributed by atoms with Crippen LogP contribution in [0.4, 0.5) is 14.5 Å². The molecule has 0 aliphatic carbocycles. The van der Waals surface area contributed by atoms with Gasteiger partial charge in [0.05, 0.1) is 6.61 Å². The molecule has 3 N–H and O–H groups in total. The molecule has 0 bridgehead atoms. The summed E-state index contributed by atoms with van der Waals surface area (Å²) in [4.78, 5) is 14.6. The summed E-state index contributed by atoms with van der Waals surface area (Å²) in [7, 11) is 0. The molecule has 1 aromatic heterocycles. The lowest BCUT2D eigenvalue weighted by atomic mass is 10.3. The molecule has 0 aliphatic heterocycles. The zero-order valence-electron chi connectivity index (χ0n) is 9.03. The van der Waals surface area contributed by atoms with Gasteiger partial charge in [-0.1, -0.05) is 0 Å². The molecule has 0 saturated carbocycles. The maximum Gasteiger partial charge on any atom is 0.267 e. The maximum absolute atomic E-state index is 11.7. The van der Waals surface area contributed by atoms with Crippen molar-refractivity contribution >= 4 is 11.6 Å². The average Bonchev–Trinajstić information content (AvgIpc) is 2.28. The highest BCUT2D eigenvalue weighted by atomic mass is 19.3. The van der Waals surface area contributed by atoms with Crippen LogP contribution in [0.2, 0.25) is 0 Å². The van der Waals surface area contributed by atoms with Crippen LogP contribution >= 0.6 is 0 Å². The molecule has 5 nitrogen and oxygen atoms in total. The minimum absolute atomic E-state index is 0.142. The molecule has 1 amide bonds. The maximum atomic E-state index is 11.7. The Morgan fingerprint density at radius 3 is 3.00 bits per heavy atom. The molecule has 0 radical (unpaired) electrons. The molecule has 0 aromatic carbocycles. The van der Waals surface area contributed by atoms with Crippen LogP contribution in [0.25, 0.3) is 0 Å². The van der Waals surface area contributed by atoms with Crippen LogP contribution in [0, 0.1) is 0 Å². The summed E-state index contributed by atoms with van der Waals surface area (Å²) in [6.45, 7) is -0.0714. The van der Waals surface area contributed by atoms with E-state index in [0.717, 1.165) is 0 Å². The van der Waals surface area contributed by atoms with E-state index in [-0.39, 0.29) is 12.3 Å². The van der Waals surface area contributed by atoms with Crippen LogP contribution in [-0.2, 0) is 4.74 Å². The van der Waals surface area contributed by atoms with Gasteiger partial charge in [0.2, 0.25) is 0 Å². The largest absolute Gasteiger partial charge is 0.383 e. The van der Waals surface area contributed by atoms with Crippen LogP contribution in [-0.4, -0.2) is 37.1 Å². The molecular weight excluding hydrogens is 232 g/mol. The van der Waals surface area contributed by atoms with Gasteiger partial charge in [0.15, 0.2) is 0 Å². The zero-order chi connectivity index (χ0) is 12.7. The molecule has 0 saturated heterocycles. The highest BCUT2D eigenvalue weighted by molar-refractivity contribution is 5.91. The number of halogens is 2. The predicted molar refractivity (Wildman–Crippen MR) is 58.1 cm³/mol. The van der Waals surface area contributed by atoms with Crippen molar-refractivity contribution in [2.24, 2.45) is 5.73 Å². The van der Waals surface area contributed by atoms with Gasteiger partial charge in [0, 0.05) is 18.4 Å². The first-order valence-corrected chi connectivity index (χ1v) is 4.95. The molecular formula is C10H13F2N3O2. The highest BCUT2D eigenvalue weighted by Gasteiger charge is 2.03. The molecule has 0 atom stereocenters. The first kappa shape index (κ1) is 13.3. The van der Waals surface area contributed by atoms with Crippen molar-refractivity contribution in [2.45, 2.75) is 6.43 Å². The summed E-state index contributed by atoms with van der Waals surface area (Å²) in [5.41, 5.74) is 5.83. The summed E-state index contributed by atoms with van der Waals surface area (Å²) in [6.07, 6.45) is -1.03. The monoisotopic (exact) mass is 245 g/mol. The highest BCUT2D eigenvalue weighted by Crippen LogP contribution is 2.06. The molecule has 94 valence electrons. The molecule has 17 heavy (non-hydrogen) atoms. The fraction of sp³-hybridized carbons (Fsp3) is 0.400. The van der Waals surface area contributed by atoms with Gasteiger partial charge in [-0.25, -0.2) is 8.78 Å². The third kappa shape index (κ3) is 5.21. The molecule has 1 heterocycles. The number of hydrogen-bond acceptors (Lipinski definition) is 4. The molecule has 1 aromatic rings. The van der Waals surface area contributed by atoms with E-state index in [0.29, 0.717) is 12.2 Å². The van der Waals surface area contributed by atoms with E-state index in [2.05, 4.69) is 15.0 Å². The Labute approximate surface area is 97.0 Å². The number of nitrogens with zero attached hydrogens (tertiary/aromatic N) is 1. The van der Waals surface area contributed by atoms with Crippen LogP contribution < -0.4 is 11.1 Å². The summed E-state index contributed by atoms with van der Waals surface area (Å²) in [6, 6.07) is 3.12. The number of carbonyl (C=O) groups is 1. The van der Waals surface area contributed by atoms with Crippen molar-refractivity contribution in [3.05, 3.63) is 24.0 Å². The third-order valence-electron chi connectivity index (χ3n) is 1.83. The van der Waals surface area contributed by atoms with Gasteiger partial charge in [0.25, 0.3) is 12.3 Å². The number of nitrogens with one attached hydrogen (secondary N) is 1. The SMILES string of the molecule is NC(=O)c1cc(NCCOCC(F)F)ccn1. The number of primary amides is 1. The van der Waals surface area contributed by atoms with E-state index in [1.165, 1.54) is 12.3 Å². The fourth-order valence-corrected chi connectivity index (χ4v) is 1.12. The number of nitrogens with two attached hydrogens (primary N) is 1. The van der Waals surface area contributed by atoms with Crippen molar-refractivity contribution in [1.82, 2.24) is 4.98 Å². The van der Waals surface area contributed by atoms with E-state index >= 15 is 0 Å². The van der Waals surface area contributed by atoms with Crippen molar-refractivity contribution in [1.29, 1.82) is 0 Å². The summed E-state index contributed by atoms with van der Waals surface area (Å²) >= 11 is 0. The molecule has 0 spiro atoms.